The van der Waals surface area contributed by atoms with Gasteiger partial charge in [-0.1, -0.05) is 30.2 Å². The van der Waals surface area contributed by atoms with Crippen LogP contribution in [0.1, 0.15) is 59.8 Å². The Morgan fingerprint density at radius 1 is 1.20 bits per heavy atom. The van der Waals surface area contributed by atoms with Gasteiger partial charge in [-0.2, -0.15) is 0 Å². The average Bonchev–Trinajstić information content (AvgIpc) is 2.25. The second kappa shape index (κ2) is 8.72. The Hall–Kier alpha value is -0.560. The van der Waals surface area contributed by atoms with Crippen LogP contribution in [0.5, 0.6) is 0 Å². The Morgan fingerprint density at radius 3 is 2.40 bits per heavy atom. The van der Waals surface area contributed by atoms with E-state index in [4.69, 9.17) is 0 Å². The van der Waals surface area contributed by atoms with Gasteiger partial charge in [0.05, 0.1) is 6.10 Å². The molecule has 0 bridgehead atoms. The molecule has 15 heavy (non-hydrogen) atoms. The molecule has 0 aromatic carbocycles. The van der Waals surface area contributed by atoms with Crippen LogP contribution in [-0.2, 0) is 0 Å². The molecule has 88 valence electrons. The molecule has 0 fully saturated rings. The lowest BCUT2D eigenvalue weighted by molar-refractivity contribution is 0.160. The van der Waals surface area contributed by atoms with Gasteiger partial charge in [-0.15, -0.1) is 0 Å². The van der Waals surface area contributed by atoms with Crippen LogP contribution in [-0.4, -0.2) is 11.2 Å². The first-order chi connectivity index (χ1) is 7.10. The van der Waals surface area contributed by atoms with Crippen molar-refractivity contribution < 1.29 is 5.11 Å². The minimum absolute atomic E-state index is 0.120. The molecule has 1 nitrogen and oxygen atoms in total. The van der Waals surface area contributed by atoms with E-state index in [9.17, 15) is 5.11 Å². The fourth-order valence-electron chi connectivity index (χ4n) is 1.39. The Bertz CT molecular complexity index is 213. The van der Waals surface area contributed by atoms with Crippen molar-refractivity contribution in [3.63, 3.8) is 0 Å². The number of allylic oxidation sites excluding steroid dienone is 4. The van der Waals surface area contributed by atoms with Crippen LogP contribution in [0, 0.1) is 0 Å². The van der Waals surface area contributed by atoms with Crippen molar-refractivity contribution in [3.8, 4) is 0 Å². The van der Waals surface area contributed by atoms with Crippen molar-refractivity contribution >= 4 is 0 Å². The van der Waals surface area contributed by atoms with Gasteiger partial charge in [0, 0.05) is 0 Å². The molecule has 0 aliphatic carbocycles. The summed E-state index contributed by atoms with van der Waals surface area (Å²) in [6.45, 7) is 8.44. The topological polar surface area (TPSA) is 20.2 Å². The minimum atomic E-state index is -0.120. The molecule has 1 heteroatoms. The molecule has 0 aromatic rings. The van der Waals surface area contributed by atoms with E-state index < -0.39 is 0 Å². The number of aliphatic hydroxyl groups excluding tert-OH is 1. The number of aliphatic hydroxyl groups is 1. The second-order valence-corrected chi connectivity index (χ2v) is 4.32. The smallest absolute Gasteiger partial charge is 0.0540 e. The summed E-state index contributed by atoms with van der Waals surface area (Å²) in [5, 5.41) is 9.42. The molecule has 0 aliphatic heterocycles. The number of hydrogen-bond acceptors (Lipinski definition) is 1. The molecule has 0 aromatic heterocycles. The molecule has 0 radical (unpaired) electrons. The van der Waals surface area contributed by atoms with Crippen molar-refractivity contribution in [1.82, 2.24) is 0 Å². The zero-order chi connectivity index (χ0) is 11.7. The number of hydrogen-bond donors (Lipinski definition) is 1. The molecule has 0 amide bonds. The summed E-state index contributed by atoms with van der Waals surface area (Å²) in [4.78, 5) is 0. The van der Waals surface area contributed by atoms with E-state index in [0.717, 1.165) is 32.1 Å². The first-order valence-corrected chi connectivity index (χ1v) is 6.05. The molecule has 1 atom stereocenters. The molecule has 0 heterocycles. The highest BCUT2D eigenvalue weighted by molar-refractivity contribution is 5.02. The zero-order valence-corrected chi connectivity index (χ0v) is 10.7. The Morgan fingerprint density at radius 2 is 1.87 bits per heavy atom. The minimum Gasteiger partial charge on any atom is -0.393 e. The van der Waals surface area contributed by atoms with Gasteiger partial charge in [0.25, 0.3) is 0 Å². The lowest BCUT2D eigenvalue weighted by atomic mass is 10.0. The predicted octanol–water partition coefficient (Wildman–Crippen LogP) is 4.23. The van der Waals surface area contributed by atoms with Gasteiger partial charge in [0.15, 0.2) is 0 Å². The van der Waals surface area contributed by atoms with E-state index in [1.165, 1.54) is 11.1 Å². The monoisotopic (exact) mass is 210 g/mol. The van der Waals surface area contributed by atoms with Crippen molar-refractivity contribution in [3.05, 3.63) is 23.3 Å². The van der Waals surface area contributed by atoms with Gasteiger partial charge >= 0.3 is 0 Å². The van der Waals surface area contributed by atoms with E-state index in [1.54, 1.807) is 0 Å². The highest BCUT2D eigenvalue weighted by atomic mass is 16.3. The molecule has 0 aliphatic rings. The third-order valence-electron chi connectivity index (χ3n) is 2.87. The molecule has 0 saturated carbocycles. The van der Waals surface area contributed by atoms with Crippen LogP contribution >= 0.6 is 0 Å². The zero-order valence-electron chi connectivity index (χ0n) is 10.7. The second-order valence-electron chi connectivity index (χ2n) is 4.32. The normalized spacial score (nSPS) is 15.5. The van der Waals surface area contributed by atoms with Crippen LogP contribution in [0.25, 0.3) is 0 Å². The largest absolute Gasteiger partial charge is 0.393 e. The summed E-state index contributed by atoms with van der Waals surface area (Å²) < 4.78 is 0. The van der Waals surface area contributed by atoms with Gasteiger partial charge in [-0.25, -0.2) is 0 Å². The van der Waals surface area contributed by atoms with Gasteiger partial charge in [-0.3, -0.25) is 0 Å². The summed E-state index contributed by atoms with van der Waals surface area (Å²) >= 11 is 0. The Balaban J connectivity index is 3.70. The van der Waals surface area contributed by atoms with E-state index >= 15 is 0 Å². The van der Waals surface area contributed by atoms with Crippen LogP contribution < -0.4 is 0 Å². The molecular weight excluding hydrogens is 184 g/mol. The maximum atomic E-state index is 9.42. The van der Waals surface area contributed by atoms with E-state index in [-0.39, 0.29) is 6.10 Å². The van der Waals surface area contributed by atoms with Crippen molar-refractivity contribution in [2.75, 3.05) is 0 Å². The highest BCUT2D eigenvalue weighted by Crippen LogP contribution is 2.12. The maximum absolute atomic E-state index is 9.42. The van der Waals surface area contributed by atoms with E-state index in [2.05, 4.69) is 32.9 Å². The average molecular weight is 210 g/mol. The molecule has 1 N–H and O–H groups in total. The molecule has 0 spiro atoms. The third kappa shape index (κ3) is 8.44. The first-order valence-electron chi connectivity index (χ1n) is 6.05. The number of rotatable bonds is 7. The lowest BCUT2D eigenvalue weighted by Gasteiger charge is -2.07. The van der Waals surface area contributed by atoms with Gasteiger partial charge in [0.2, 0.25) is 0 Å². The van der Waals surface area contributed by atoms with Crippen LogP contribution in [0.4, 0.5) is 0 Å². The van der Waals surface area contributed by atoms with Gasteiger partial charge in [-0.05, 0) is 52.9 Å². The maximum Gasteiger partial charge on any atom is 0.0540 e. The van der Waals surface area contributed by atoms with Gasteiger partial charge < -0.3 is 5.11 Å². The Kier molecular flexibility index (Phi) is 8.40. The fraction of sp³-hybridized carbons (Fsp3) is 0.714. The standard InChI is InChI=1S/C14H26O/c1-5-12(3)8-7-9-13(4)10-11-14(15)6-2/h5,9,14-15H,6-8,10-11H2,1-4H3/b12-5+,13-9+/t14-/m1/s1. The molecule has 0 rings (SSSR count). The SMILES string of the molecule is C/C=C(\C)CC/C=C(\C)CC[C@H](O)CC. The summed E-state index contributed by atoms with van der Waals surface area (Å²) in [6, 6.07) is 0. The van der Waals surface area contributed by atoms with Crippen LogP contribution in [0.2, 0.25) is 0 Å². The lowest BCUT2D eigenvalue weighted by Crippen LogP contribution is -2.03. The molecule has 0 unspecified atom stereocenters. The van der Waals surface area contributed by atoms with Crippen molar-refractivity contribution in [2.45, 2.75) is 65.9 Å². The quantitative estimate of drug-likeness (QED) is 0.623. The van der Waals surface area contributed by atoms with Gasteiger partial charge in [0.1, 0.15) is 0 Å². The highest BCUT2D eigenvalue weighted by Gasteiger charge is 2.00. The molecular formula is C14H26O. The summed E-state index contributed by atoms with van der Waals surface area (Å²) in [5.41, 5.74) is 2.86. The molecule has 0 saturated heterocycles. The summed E-state index contributed by atoms with van der Waals surface area (Å²) in [5.74, 6) is 0. The summed E-state index contributed by atoms with van der Waals surface area (Å²) in [6.07, 6.45) is 9.44. The predicted molar refractivity (Wildman–Crippen MR) is 68.0 cm³/mol. The Labute approximate surface area is 94.9 Å². The van der Waals surface area contributed by atoms with E-state index in [1.807, 2.05) is 6.92 Å². The summed E-state index contributed by atoms with van der Waals surface area (Å²) in [7, 11) is 0. The third-order valence-corrected chi connectivity index (χ3v) is 2.87. The van der Waals surface area contributed by atoms with Crippen LogP contribution in [0.3, 0.4) is 0 Å². The van der Waals surface area contributed by atoms with Crippen molar-refractivity contribution in [2.24, 2.45) is 0 Å². The van der Waals surface area contributed by atoms with Crippen LogP contribution in [0.15, 0.2) is 23.3 Å². The van der Waals surface area contributed by atoms with E-state index in [0.29, 0.717) is 0 Å². The first kappa shape index (κ1) is 14.4. The fourth-order valence-corrected chi connectivity index (χ4v) is 1.39. The van der Waals surface area contributed by atoms with Crippen molar-refractivity contribution in [1.29, 1.82) is 0 Å².